The second-order valence-electron chi connectivity index (χ2n) is 6.18. The first-order valence-corrected chi connectivity index (χ1v) is 9.87. The predicted molar refractivity (Wildman–Crippen MR) is 89.8 cm³/mol. The third kappa shape index (κ3) is 3.50. The molecule has 3 rings (SSSR count). The van der Waals surface area contributed by atoms with E-state index in [0.717, 1.165) is 19.5 Å². The van der Waals surface area contributed by atoms with Crippen LogP contribution in [-0.4, -0.2) is 68.6 Å². The lowest BCUT2D eigenvalue weighted by atomic mass is 10.1. The van der Waals surface area contributed by atoms with Crippen LogP contribution in [0.1, 0.15) is 12.8 Å². The number of rotatable bonds is 3. The van der Waals surface area contributed by atoms with Crippen LogP contribution in [0.5, 0.6) is 0 Å². The van der Waals surface area contributed by atoms with Crippen LogP contribution < -0.4 is 4.90 Å². The first-order chi connectivity index (χ1) is 11.0. The van der Waals surface area contributed by atoms with E-state index in [1.165, 1.54) is 16.2 Å². The molecule has 2 aliphatic heterocycles. The van der Waals surface area contributed by atoms with Gasteiger partial charge in [0.05, 0.1) is 6.26 Å². The minimum Gasteiger partial charge on any atom is -0.368 e. The van der Waals surface area contributed by atoms with Gasteiger partial charge < -0.3 is 9.80 Å². The summed E-state index contributed by atoms with van der Waals surface area (Å²) in [7, 11) is -3.31. The van der Waals surface area contributed by atoms with Crippen molar-refractivity contribution in [1.82, 2.24) is 9.21 Å². The summed E-state index contributed by atoms with van der Waals surface area (Å²) in [6.45, 7) is 3.30. The molecule has 2 aliphatic rings. The van der Waals surface area contributed by atoms with Gasteiger partial charge in [-0.25, -0.2) is 8.42 Å². The van der Waals surface area contributed by atoms with Crippen molar-refractivity contribution < 1.29 is 13.2 Å². The second kappa shape index (κ2) is 6.49. The Morgan fingerprint density at radius 3 is 2.30 bits per heavy atom. The number of hydrogen-bond donors (Lipinski definition) is 0. The van der Waals surface area contributed by atoms with E-state index in [0.29, 0.717) is 26.1 Å². The molecule has 0 saturated carbocycles. The highest BCUT2D eigenvalue weighted by molar-refractivity contribution is 7.88. The highest BCUT2D eigenvalue weighted by Gasteiger charge is 2.39. The molecule has 6 nitrogen and oxygen atoms in total. The van der Waals surface area contributed by atoms with E-state index in [-0.39, 0.29) is 5.91 Å². The van der Waals surface area contributed by atoms with Gasteiger partial charge in [0.15, 0.2) is 0 Å². The van der Waals surface area contributed by atoms with Crippen molar-refractivity contribution >= 4 is 21.6 Å². The number of anilines is 1. The van der Waals surface area contributed by atoms with Crippen molar-refractivity contribution in [2.45, 2.75) is 18.9 Å². The zero-order chi connectivity index (χ0) is 16.4. The van der Waals surface area contributed by atoms with Gasteiger partial charge in [-0.1, -0.05) is 18.2 Å². The van der Waals surface area contributed by atoms with Gasteiger partial charge in [-0.05, 0) is 25.0 Å². The van der Waals surface area contributed by atoms with Crippen molar-refractivity contribution in [3.05, 3.63) is 30.3 Å². The minimum atomic E-state index is -3.31. The molecule has 1 atom stereocenters. The maximum absolute atomic E-state index is 12.7. The van der Waals surface area contributed by atoms with E-state index in [1.807, 2.05) is 23.1 Å². The zero-order valence-electron chi connectivity index (χ0n) is 13.4. The fourth-order valence-electron chi connectivity index (χ4n) is 3.42. The molecule has 1 aromatic carbocycles. The molecule has 0 N–H and O–H groups in total. The van der Waals surface area contributed by atoms with Crippen LogP contribution in [0.4, 0.5) is 5.69 Å². The molecule has 23 heavy (non-hydrogen) atoms. The standard InChI is InChI=1S/C16H23N3O3S/c1-23(21,22)19-9-5-8-15(19)16(20)18-12-10-17(11-13-18)14-6-3-2-4-7-14/h2-4,6-7,15H,5,8-13H2,1H3/t15-/m1/s1. The number of amides is 1. The number of piperazine rings is 1. The Hall–Kier alpha value is -1.60. The molecule has 2 heterocycles. The van der Waals surface area contributed by atoms with Crippen LogP contribution in [0, 0.1) is 0 Å². The van der Waals surface area contributed by atoms with Crippen LogP contribution in [0.25, 0.3) is 0 Å². The lowest BCUT2D eigenvalue weighted by molar-refractivity contribution is -0.134. The highest BCUT2D eigenvalue weighted by Crippen LogP contribution is 2.23. The quantitative estimate of drug-likeness (QED) is 0.817. The number of nitrogens with zero attached hydrogens (tertiary/aromatic N) is 3. The topological polar surface area (TPSA) is 60.9 Å². The Morgan fingerprint density at radius 2 is 1.70 bits per heavy atom. The molecule has 0 bridgehead atoms. The van der Waals surface area contributed by atoms with Crippen molar-refractivity contribution in [2.75, 3.05) is 43.9 Å². The normalized spacial score (nSPS) is 23.3. The molecule has 0 aromatic heterocycles. The molecule has 0 aliphatic carbocycles. The van der Waals surface area contributed by atoms with Crippen LogP contribution in [0.2, 0.25) is 0 Å². The summed E-state index contributed by atoms with van der Waals surface area (Å²) >= 11 is 0. The van der Waals surface area contributed by atoms with Gasteiger partial charge in [-0.3, -0.25) is 4.79 Å². The fourth-order valence-corrected chi connectivity index (χ4v) is 4.54. The molecular formula is C16H23N3O3S. The van der Waals surface area contributed by atoms with E-state index < -0.39 is 16.1 Å². The second-order valence-corrected chi connectivity index (χ2v) is 8.11. The fraction of sp³-hybridized carbons (Fsp3) is 0.562. The van der Waals surface area contributed by atoms with Gasteiger partial charge in [-0.2, -0.15) is 4.31 Å². The monoisotopic (exact) mass is 337 g/mol. The van der Waals surface area contributed by atoms with Gasteiger partial charge in [0, 0.05) is 38.4 Å². The van der Waals surface area contributed by atoms with Crippen LogP contribution in [0.3, 0.4) is 0 Å². The van der Waals surface area contributed by atoms with Gasteiger partial charge >= 0.3 is 0 Å². The average molecular weight is 337 g/mol. The first-order valence-electron chi connectivity index (χ1n) is 8.02. The van der Waals surface area contributed by atoms with Crippen LogP contribution in [-0.2, 0) is 14.8 Å². The first kappa shape index (κ1) is 16.3. The van der Waals surface area contributed by atoms with Crippen LogP contribution >= 0.6 is 0 Å². The van der Waals surface area contributed by atoms with Gasteiger partial charge in [-0.15, -0.1) is 0 Å². The molecule has 0 unspecified atom stereocenters. The number of para-hydroxylation sites is 1. The van der Waals surface area contributed by atoms with Crippen molar-refractivity contribution in [2.24, 2.45) is 0 Å². The lowest BCUT2D eigenvalue weighted by Crippen LogP contribution is -2.54. The van der Waals surface area contributed by atoms with Gasteiger partial charge in [0.2, 0.25) is 15.9 Å². The van der Waals surface area contributed by atoms with E-state index >= 15 is 0 Å². The number of hydrogen-bond acceptors (Lipinski definition) is 4. The predicted octanol–water partition coefficient (Wildman–Crippen LogP) is 0.759. The summed E-state index contributed by atoms with van der Waals surface area (Å²) in [4.78, 5) is 16.8. The zero-order valence-corrected chi connectivity index (χ0v) is 14.2. The smallest absolute Gasteiger partial charge is 0.241 e. The number of benzene rings is 1. The van der Waals surface area contributed by atoms with E-state index in [9.17, 15) is 13.2 Å². The maximum Gasteiger partial charge on any atom is 0.241 e. The lowest BCUT2D eigenvalue weighted by Gasteiger charge is -2.38. The van der Waals surface area contributed by atoms with E-state index in [4.69, 9.17) is 0 Å². The summed E-state index contributed by atoms with van der Waals surface area (Å²) in [5, 5.41) is 0. The SMILES string of the molecule is CS(=O)(=O)N1CCC[C@@H]1C(=O)N1CCN(c2ccccc2)CC1. The van der Waals surface area contributed by atoms with E-state index in [1.54, 1.807) is 0 Å². The molecule has 126 valence electrons. The highest BCUT2D eigenvalue weighted by atomic mass is 32.2. The van der Waals surface area contributed by atoms with E-state index in [2.05, 4.69) is 17.0 Å². The molecule has 7 heteroatoms. The third-order valence-electron chi connectivity index (χ3n) is 4.63. The Morgan fingerprint density at radius 1 is 1.04 bits per heavy atom. The molecule has 2 fully saturated rings. The van der Waals surface area contributed by atoms with Gasteiger partial charge in [0.25, 0.3) is 0 Å². The molecule has 0 radical (unpaired) electrons. The molecule has 2 saturated heterocycles. The Bertz CT molecular complexity index is 654. The summed E-state index contributed by atoms with van der Waals surface area (Å²) in [6, 6.07) is 9.64. The summed E-state index contributed by atoms with van der Waals surface area (Å²) in [6.07, 6.45) is 2.57. The molecule has 1 aromatic rings. The third-order valence-corrected chi connectivity index (χ3v) is 5.92. The Labute approximate surface area is 137 Å². The maximum atomic E-state index is 12.7. The van der Waals surface area contributed by atoms with Crippen molar-refractivity contribution in [3.8, 4) is 0 Å². The number of carbonyl (C=O) groups excluding carboxylic acids is 1. The van der Waals surface area contributed by atoms with Crippen LogP contribution in [0.15, 0.2) is 30.3 Å². The van der Waals surface area contributed by atoms with Gasteiger partial charge in [0.1, 0.15) is 6.04 Å². The molecule has 0 spiro atoms. The number of sulfonamides is 1. The largest absolute Gasteiger partial charge is 0.368 e. The molecule has 1 amide bonds. The van der Waals surface area contributed by atoms with Crippen molar-refractivity contribution in [1.29, 1.82) is 0 Å². The Balaban J connectivity index is 1.62. The summed E-state index contributed by atoms with van der Waals surface area (Å²) in [5.41, 5.74) is 1.17. The number of carbonyl (C=O) groups is 1. The van der Waals surface area contributed by atoms with Crippen molar-refractivity contribution in [3.63, 3.8) is 0 Å². The average Bonchev–Trinajstić information content (AvgIpc) is 3.05. The minimum absolute atomic E-state index is 0.0411. The summed E-state index contributed by atoms with van der Waals surface area (Å²) < 4.78 is 25.0. The molecular weight excluding hydrogens is 314 g/mol. The Kier molecular flexibility index (Phi) is 4.59. The summed E-state index contributed by atoms with van der Waals surface area (Å²) in [5.74, 6) is -0.0411.